The molecule has 0 bridgehead atoms. The summed E-state index contributed by atoms with van der Waals surface area (Å²) in [5, 5.41) is 6.69. The minimum Gasteiger partial charge on any atom is -0.368 e. The SMILES string of the molecule is CCc1ncc2c(=O)[nH]c3c(NCCc4ccccc4)nc(NCCN(C)C)nc3n12. The van der Waals surface area contributed by atoms with Gasteiger partial charge in [-0.2, -0.15) is 9.97 Å². The fraction of sp³-hybridized carbons (Fsp3) is 0.364. The van der Waals surface area contributed by atoms with Gasteiger partial charge >= 0.3 is 0 Å². The monoisotopic (exact) mass is 420 g/mol. The third-order valence-corrected chi connectivity index (χ3v) is 5.12. The number of aromatic nitrogens is 5. The van der Waals surface area contributed by atoms with Gasteiger partial charge in [-0.25, -0.2) is 4.98 Å². The van der Waals surface area contributed by atoms with Crippen LogP contribution in [0.1, 0.15) is 18.3 Å². The van der Waals surface area contributed by atoms with Crippen molar-refractivity contribution in [1.29, 1.82) is 0 Å². The summed E-state index contributed by atoms with van der Waals surface area (Å²) in [6.45, 7) is 4.25. The van der Waals surface area contributed by atoms with E-state index >= 15 is 0 Å². The topological polar surface area (TPSA) is 103 Å². The van der Waals surface area contributed by atoms with Crippen molar-refractivity contribution in [3.63, 3.8) is 0 Å². The Kier molecular flexibility index (Phi) is 6.13. The van der Waals surface area contributed by atoms with Crippen molar-refractivity contribution in [2.75, 3.05) is 44.4 Å². The maximum Gasteiger partial charge on any atom is 0.274 e. The third-order valence-electron chi connectivity index (χ3n) is 5.12. The van der Waals surface area contributed by atoms with E-state index in [1.54, 1.807) is 6.20 Å². The van der Waals surface area contributed by atoms with Crippen molar-refractivity contribution in [1.82, 2.24) is 29.2 Å². The number of aromatic amines is 1. The molecule has 0 spiro atoms. The zero-order valence-electron chi connectivity index (χ0n) is 18.1. The van der Waals surface area contributed by atoms with Gasteiger partial charge in [-0.1, -0.05) is 37.3 Å². The normalized spacial score (nSPS) is 11.5. The smallest absolute Gasteiger partial charge is 0.274 e. The molecular weight excluding hydrogens is 392 g/mol. The summed E-state index contributed by atoms with van der Waals surface area (Å²) in [6, 6.07) is 10.3. The Morgan fingerprint density at radius 1 is 1.10 bits per heavy atom. The first kappa shape index (κ1) is 20.8. The quantitative estimate of drug-likeness (QED) is 0.381. The summed E-state index contributed by atoms with van der Waals surface area (Å²) in [4.78, 5) is 31.5. The molecule has 0 amide bonds. The van der Waals surface area contributed by atoms with Crippen LogP contribution in [0.4, 0.5) is 11.8 Å². The van der Waals surface area contributed by atoms with E-state index < -0.39 is 0 Å². The van der Waals surface area contributed by atoms with Gasteiger partial charge in [-0.05, 0) is 26.1 Å². The predicted octanol–water partition coefficient (Wildman–Crippen LogP) is 2.16. The Hall–Kier alpha value is -3.46. The third kappa shape index (κ3) is 4.51. The zero-order chi connectivity index (χ0) is 21.8. The van der Waals surface area contributed by atoms with Gasteiger partial charge in [0.05, 0.1) is 6.20 Å². The molecule has 162 valence electrons. The number of nitrogens with zero attached hydrogens (tertiary/aromatic N) is 5. The fourth-order valence-corrected chi connectivity index (χ4v) is 3.51. The van der Waals surface area contributed by atoms with E-state index in [0.717, 1.165) is 18.8 Å². The molecule has 0 unspecified atom stereocenters. The number of hydrogen-bond donors (Lipinski definition) is 3. The number of imidazole rings is 1. The molecule has 0 aliphatic heterocycles. The molecule has 0 saturated heterocycles. The number of aryl methyl sites for hydroxylation is 1. The fourth-order valence-electron chi connectivity index (χ4n) is 3.51. The van der Waals surface area contributed by atoms with Crippen molar-refractivity contribution in [3.8, 4) is 0 Å². The molecule has 9 heteroatoms. The number of likely N-dealkylation sites (N-methyl/N-ethyl adjacent to an activating group) is 1. The second kappa shape index (κ2) is 9.13. The average molecular weight is 421 g/mol. The molecule has 4 rings (SSSR count). The molecule has 1 aromatic carbocycles. The molecule has 0 radical (unpaired) electrons. The van der Waals surface area contributed by atoms with Gasteiger partial charge in [0.1, 0.15) is 16.9 Å². The molecule has 4 aromatic rings. The van der Waals surface area contributed by atoms with Crippen LogP contribution in [-0.2, 0) is 12.8 Å². The molecule has 0 aliphatic rings. The molecule has 0 saturated carbocycles. The van der Waals surface area contributed by atoms with Crippen LogP contribution < -0.4 is 16.2 Å². The number of fused-ring (bicyclic) bond motifs is 3. The Bertz CT molecular complexity index is 1230. The van der Waals surface area contributed by atoms with Gasteiger partial charge in [-0.15, -0.1) is 0 Å². The van der Waals surface area contributed by atoms with E-state index in [-0.39, 0.29) is 5.56 Å². The maximum atomic E-state index is 12.7. The minimum atomic E-state index is -0.206. The van der Waals surface area contributed by atoms with Crippen LogP contribution >= 0.6 is 0 Å². The van der Waals surface area contributed by atoms with Crippen LogP contribution in [0.3, 0.4) is 0 Å². The van der Waals surface area contributed by atoms with E-state index in [1.165, 1.54) is 5.56 Å². The van der Waals surface area contributed by atoms with Crippen LogP contribution in [0.2, 0.25) is 0 Å². The molecule has 31 heavy (non-hydrogen) atoms. The van der Waals surface area contributed by atoms with E-state index in [0.29, 0.717) is 48.0 Å². The highest BCUT2D eigenvalue weighted by atomic mass is 16.1. The van der Waals surface area contributed by atoms with Gasteiger partial charge in [0.25, 0.3) is 5.56 Å². The highest BCUT2D eigenvalue weighted by molar-refractivity contribution is 5.85. The Morgan fingerprint density at radius 2 is 1.90 bits per heavy atom. The lowest BCUT2D eigenvalue weighted by Gasteiger charge is -2.14. The van der Waals surface area contributed by atoms with Crippen LogP contribution in [0.25, 0.3) is 16.7 Å². The summed E-state index contributed by atoms with van der Waals surface area (Å²) >= 11 is 0. The predicted molar refractivity (Wildman–Crippen MR) is 124 cm³/mol. The standard InChI is InChI=1S/C22H28N8O/c1-4-17-25-14-16-21(31)26-18-19(23-11-10-15-8-6-5-7-9-15)27-22(24-12-13-29(2)3)28-20(18)30(16)17/h5-9,14H,4,10-13H2,1-3H3,(H,26,31)(H2,23,24,27,28). The Balaban J connectivity index is 1.74. The first-order chi connectivity index (χ1) is 15.1. The van der Waals surface area contributed by atoms with Crippen molar-refractivity contribution in [2.45, 2.75) is 19.8 Å². The summed E-state index contributed by atoms with van der Waals surface area (Å²) in [5.74, 6) is 1.91. The molecule has 0 aliphatic carbocycles. The van der Waals surface area contributed by atoms with Gasteiger partial charge in [0, 0.05) is 26.1 Å². The average Bonchev–Trinajstić information content (AvgIpc) is 3.20. The highest BCUT2D eigenvalue weighted by Crippen LogP contribution is 2.21. The van der Waals surface area contributed by atoms with Crippen molar-refractivity contribution in [3.05, 3.63) is 58.3 Å². The van der Waals surface area contributed by atoms with E-state index in [9.17, 15) is 4.79 Å². The molecular formula is C22H28N8O. The molecule has 3 aromatic heterocycles. The summed E-state index contributed by atoms with van der Waals surface area (Å²) in [5.41, 5.74) is 2.72. The molecule has 0 atom stereocenters. The van der Waals surface area contributed by atoms with Crippen LogP contribution in [0.15, 0.2) is 41.3 Å². The highest BCUT2D eigenvalue weighted by Gasteiger charge is 2.16. The van der Waals surface area contributed by atoms with Gasteiger partial charge in [-0.3, -0.25) is 9.20 Å². The van der Waals surface area contributed by atoms with E-state index in [4.69, 9.17) is 4.98 Å². The zero-order valence-corrected chi connectivity index (χ0v) is 18.1. The largest absolute Gasteiger partial charge is 0.368 e. The first-order valence-electron chi connectivity index (χ1n) is 10.5. The van der Waals surface area contributed by atoms with Gasteiger partial charge in [0.2, 0.25) is 5.95 Å². The van der Waals surface area contributed by atoms with Gasteiger partial charge in [0.15, 0.2) is 11.5 Å². The number of hydrogen-bond acceptors (Lipinski definition) is 7. The van der Waals surface area contributed by atoms with E-state index in [2.05, 4.69) is 42.6 Å². The Labute approximate surface area is 180 Å². The number of anilines is 2. The van der Waals surface area contributed by atoms with Crippen LogP contribution in [0, 0.1) is 0 Å². The molecule has 0 fully saturated rings. The maximum absolute atomic E-state index is 12.7. The second-order valence-corrected chi connectivity index (χ2v) is 7.69. The van der Waals surface area contributed by atoms with Crippen LogP contribution in [0.5, 0.6) is 0 Å². The Morgan fingerprint density at radius 3 is 2.65 bits per heavy atom. The lowest BCUT2D eigenvalue weighted by Crippen LogP contribution is -2.22. The summed E-state index contributed by atoms with van der Waals surface area (Å²) in [7, 11) is 4.04. The summed E-state index contributed by atoms with van der Waals surface area (Å²) in [6.07, 6.45) is 3.13. The molecule has 3 heterocycles. The lowest BCUT2D eigenvalue weighted by molar-refractivity contribution is 0.425. The van der Waals surface area contributed by atoms with Crippen molar-refractivity contribution < 1.29 is 0 Å². The minimum absolute atomic E-state index is 0.206. The second-order valence-electron chi connectivity index (χ2n) is 7.69. The lowest BCUT2D eigenvalue weighted by atomic mass is 10.1. The molecule has 3 N–H and O–H groups in total. The number of benzene rings is 1. The van der Waals surface area contributed by atoms with Crippen LogP contribution in [-0.4, -0.2) is 63.0 Å². The van der Waals surface area contributed by atoms with Gasteiger partial charge < -0.3 is 20.5 Å². The number of H-pyrrole nitrogens is 1. The number of nitrogens with one attached hydrogen (secondary N) is 3. The molecule has 9 nitrogen and oxygen atoms in total. The van der Waals surface area contributed by atoms with Crippen molar-refractivity contribution >= 4 is 28.4 Å². The van der Waals surface area contributed by atoms with Crippen molar-refractivity contribution in [2.24, 2.45) is 0 Å². The first-order valence-corrected chi connectivity index (χ1v) is 10.5. The summed E-state index contributed by atoms with van der Waals surface area (Å²) < 4.78 is 1.83. The van der Waals surface area contributed by atoms with E-state index in [1.807, 2.05) is 43.6 Å². The number of rotatable bonds is 9.